The zero-order valence-corrected chi connectivity index (χ0v) is 16.1. The predicted molar refractivity (Wildman–Crippen MR) is 111 cm³/mol. The first-order valence-electron chi connectivity index (χ1n) is 8.77. The molecule has 0 bridgehead atoms. The highest BCUT2D eigenvalue weighted by molar-refractivity contribution is 7.17. The zero-order valence-electron chi connectivity index (χ0n) is 15.3. The summed E-state index contributed by atoms with van der Waals surface area (Å²) in [5.41, 5.74) is -0.581. The number of nitrogens with one attached hydrogen (secondary N) is 1. The van der Waals surface area contributed by atoms with Crippen LogP contribution in [-0.2, 0) is 11.3 Å². The van der Waals surface area contributed by atoms with E-state index in [1.807, 2.05) is 6.07 Å². The van der Waals surface area contributed by atoms with E-state index in [0.717, 1.165) is 26.5 Å². The van der Waals surface area contributed by atoms with Gasteiger partial charge in [-0.05, 0) is 41.8 Å². The van der Waals surface area contributed by atoms with Crippen LogP contribution in [0.4, 0.5) is 10.1 Å². The molecular formula is C21H13FN4O3S. The third-order valence-electron chi connectivity index (χ3n) is 4.43. The normalized spacial score (nSPS) is 10.7. The van der Waals surface area contributed by atoms with Gasteiger partial charge < -0.3 is 5.32 Å². The van der Waals surface area contributed by atoms with Crippen molar-refractivity contribution < 1.29 is 9.18 Å². The topological polar surface area (TPSA) is 96.9 Å². The van der Waals surface area contributed by atoms with Crippen LogP contribution < -0.4 is 16.6 Å². The van der Waals surface area contributed by atoms with Crippen LogP contribution in [-0.4, -0.2) is 15.0 Å². The molecule has 0 spiro atoms. The van der Waals surface area contributed by atoms with Crippen molar-refractivity contribution in [1.29, 1.82) is 5.26 Å². The van der Waals surface area contributed by atoms with Gasteiger partial charge in [0.15, 0.2) is 0 Å². The Labute approximate surface area is 172 Å². The quantitative estimate of drug-likeness (QED) is 0.549. The fourth-order valence-electron chi connectivity index (χ4n) is 3.10. The van der Waals surface area contributed by atoms with E-state index in [0.29, 0.717) is 16.8 Å². The molecule has 4 rings (SSSR count). The summed E-state index contributed by atoms with van der Waals surface area (Å²) in [4.78, 5) is 38.5. The molecule has 0 atom stereocenters. The Morgan fingerprint density at radius 1 is 1.13 bits per heavy atom. The number of halogens is 1. The third kappa shape index (κ3) is 3.40. The Morgan fingerprint density at radius 3 is 2.70 bits per heavy atom. The number of nitrogens with zero attached hydrogens (tertiary/aromatic N) is 3. The molecule has 1 N–H and O–H groups in total. The Balaban J connectivity index is 1.79. The minimum atomic E-state index is -0.822. The number of amides is 1. The smallest absolute Gasteiger partial charge is 0.324 e. The van der Waals surface area contributed by atoms with Crippen molar-refractivity contribution in [3.8, 4) is 11.8 Å². The van der Waals surface area contributed by atoms with Gasteiger partial charge in [0.25, 0.3) is 5.56 Å². The molecular weight excluding hydrogens is 407 g/mol. The van der Waals surface area contributed by atoms with Crippen LogP contribution in [0.1, 0.15) is 5.56 Å². The largest absolute Gasteiger partial charge is 0.336 e. The molecule has 7 nitrogen and oxygen atoms in total. The van der Waals surface area contributed by atoms with E-state index < -0.39 is 29.5 Å². The first-order chi connectivity index (χ1) is 14.5. The molecule has 1 amide bonds. The lowest BCUT2D eigenvalue weighted by molar-refractivity contribution is -0.116. The number of fused-ring (bicyclic) bond motifs is 1. The summed E-state index contributed by atoms with van der Waals surface area (Å²) < 4.78 is 16.4. The van der Waals surface area contributed by atoms with Gasteiger partial charge in [-0.3, -0.25) is 14.2 Å². The van der Waals surface area contributed by atoms with Gasteiger partial charge in [-0.15, -0.1) is 11.3 Å². The van der Waals surface area contributed by atoms with E-state index in [2.05, 4.69) is 5.32 Å². The van der Waals surface area contributed by atoms with E-state index in [1.54, 1.807) is 29.6 Å². The molecule has 2 aromatic heterocycles. The molecule has 2 heterocycles. The van der Waals surface area contributed by atoms with Gasteiger partial charge in [-0.1, -0.05) is 18.2 Å². The van der Waals surface area contributed by atoms with Gasteiger partial charge in [0.2, 0.25) is 5.91 Å². The molecule has 0 aliphatic carbocycles. The fourth-order valence-corrected chi connectivity index (χ4v) is 3.92. The minimum absolute atomic E-state index is 0.182. The van der Waals surface area contributed by atoms with Crippen molar-refractivity contribution in [2.75, 3.05) is 5.32 Å². The Bertz CT molecular complexity index is 1450. The number of aromatic nitrogens is 2. The monoisotopic (exact) mass is 420 g/mol. The summed E-state index contributed by atoms with van der Waals surface area (Å²) in [5, 5.41) is 13.2. The number of thiophene rings is 1. The van der Waals surface area contributed by atoms with Crippen LogP contribution in [0.25, 0.3) is 15.9 Å². The third-order valence-corrected chi connectivity index (χ3v) is 5.32. The van der Waals surface area contributed by atoms with E-state index in [4.69, 9.17) is 5.26 Å². The van der Waals surface area contributed by atoms with Crippen molar-refractivity contribution in [3.05, 3.63) is 92.2 Å². The SMILES string of the molecule is N#Cc1cccc(NC(=O)Cn2c(=O)n(-c3ccccc3F)c(=O)c3sccc32)c1. The van der Waals surface area contributed by atoms with Crippen molar-refractivity contribution in [2.45, 2.75) is 6.54 Å². The van der Waals surface area contributed by atoms with Crippen molar-refractivity contribution in [1.82, 2.24) is 9.13 Å². The van der Waals surface area contributed by atoms with E-state index in [-0.39, 0.29) is 10.4 Å². The highest BCUT2D eigenvalue weighted by Crippen LogP contribution is 2.18. The first kappa shape index (κ1) is 19.3. The number of hydrogen-bond acceptors (Lipinski definition) is 5. The molecule has 0 aliphatic rings. The number of rotatable bonds is 4. The summed E-state index contributed by atoms with van der Waals surface area (Å²) in [6.45, 7) is -0.391. The summed E-state index contributed by atoms with van der Waals surface area (Å²) in [6, 6.07) is 15.3. The Kier molecular flexibility index (Phi) is 5.00. The van der Waals surface area contributed by atoms with Crippen LogP contribution in [0.2, 0.25) is 0 Å². The lowest BCUT2D eigenvalue weighted by atomic mass is 10.2. The van der Waals surface area contributed by atoms with Gasteiger partial charge >= 0.3 is 5.69 Å². The highest BCUT2D eigenvalue weighted by Gasteiger charge is 2.19. The molecule has 4 aromatic rings. The van der Waals surface area contributed by atoms with Crippen LogP contribution in [0.3, 0.4) is 0 Å². The van der Waals surface area contributed by atoms with Crippen LogP contribution >= 0.6 is 11.3 Å². The predicted octanol–water partition coefficient (Wildman–Crippen LogP) is 2.86. The van der Waals surface area contributed by atoms with Crippen molar-refractivity contribution in [3.63, 3.8) is 0 Å². The molecule has 0 saturated heterocycles. The molecule has 0 radical (unpaired) electrons. The standard InChI is InChI=1S/C21H13FN4O3S/c22-15-6-1-2-7-16(15)26-20(28)19-17(8-9-30-19)25(21(26)29)12-18(27)24-14-5-3-4-13(10-14)11-23/h1-10H,12H2,(H,24,27). The summed E-state index contributed by atoms with van der Waals surface area (Å²) in [5.74, 6) is -1.25. The molecule has 148 valence electrons. The summed E-state index contributed by atoms with van der Waals surface area (Å²) in [7, 11) is 0. The molecule has 9 heteroatoms. The molecule has 0 fully saturated rings. The Hall–Kier alpha value is -4.03. The summed E-state index contributed by atoms with van der Waals surface area (Å²) >= 11 is 1.10. The lowest BCUT2D eigenvalue weighted by Crippen LogP contribution is -2.40. The number of anilines is 1. The second-order valence-corrected chi connectivity index (χ2v) is 7.25. The Morgan fingerprint density at radius 2 is 1.93 bits per heavy atom. The second kappa shape index (κ2) is 7.77. The summed E-state index contributed by atoms with van der Waals surface area (Å²) in [6.07, 6.45) is 0. The van der Waals surface area contributed by atoms with Crippen molar-refractivity contribution >= 4 is 33.1 Å². The molecule has 30 heavy (non-hydrogen) atoms. The van der Waals surface area contributed by atoms with Gasteiger partial charge in [0, 0.05) is 5.69 Å². The number of benzene rings is 2. The average Bonchev–Trinajstić information content (AvgIpc) is 3.23. The first-order valence-corrected chi connectivity index (χ1v) is 9.65. The van der Waals surface area contributed by atoms with E-state index in [9.17, 15) is 18.8 Å². The van der Waals surface area contributed by atoms with Gasteiger partial charge in [0.05, 0.1) is 22.8 Å². The zero-order chi connectivity index (χ0) is 21.3. The van der Waals surface area contributed by atoms with Gasteiger partial charge in [-0.2, -0.15) is 5.26 Å². The maximum atomic E-state index is 14.3. The molecule has 0 aliphatic heterocycles. The lowest BCUT2D eigenvalue weighted by Gasteiger charge is -2.13. The second-order valence-electron chi connectivity index (χ2n) is 6.34. The number of carbonyl (C=O) groups is 1. The van der Waals surface area contributed by atoms with Gasteiger partial charge in [-0.25, -0.2) is 13.8 Å². The molecule has 2 aromatic carbocycles. The molecule has 0 unspecified atom stereocenters. The maximum absolute atomic E-state index is 14.3. The average molecular weight is 420 g/mol. The van der Waals surface area contributed by atoms with Crippen LogP contribution in [0, 0.1) is 17.1 Å². The van der Waals surface area contributed by atoms with Gasteiger partial charge in [0.1, 0.15) is 17.1 Å². The number of para-hydroxylation sites is 1. The fraction of sp³-hybridized carbons (Fsp3) is 0.0476. The maximum Gasteiger partial charge on any atom is 0.336 e. The van der Waals surface area contributed by atoms with E-state index >= 15 is 0 Å². The number of hydrogen-bond donors (Lipinski definition) is 1. The molecule has 0 saturated carbocycles. The van der Waals surface area contributed by atoms with E-state index in [1.165, 1.54) is 24.3 Å². The minimum Gasteiger partial charge on any atom is -0.324 e. The number of nitriles is 1. The highest BCUT2D eigenvalue weighted by atomic mass is 32.1. The van der Waals surface area contributed by atoms with Crippen LogP contribution in [0.5, 0.6) is 0 Å². The van der Waals surface area contributed by atoms with Crippen molar-refractivity contribution in [2.24, 2.45) is 0 Å². The number of carbonyl (C=O) groups excluding carboxylic acids is 1. The van der Waals surface area contributed by atoms with Crippen LogP contribution in [0.15, 0.2) is 69.6 Å².